The molecule has 15 heavy (non-hydrogen) atoms. The molecule has 6 nitrogen and oxygen atoms in total. The average molecular weight is 205 g/mol. The van der Waals surface area contributed by atoms with E-state index in [0.29, 0.717) is 5.82 Å². The Labute approximate surface area is 85.8 Å². The molecule has 0 aliphatic rings. The molecule has 2 rings (SSSR count). The fraction of sp³-hybridized carbons (Fsp3) is 0.222. The lowest BCUT2D eigenvalue weighted by Gasteiger charge is -2.06. The number of aryl methyl sites for hydroxylation is 1. The van der Waals surface area contributed by atoms with E-state index in [1.54, 1.807) is 17.0 Å². The first-order valence-electron chi connectivity index (χ1n) is 4.59. The maximum atomic E-state index is 11.3. The van der Waals surface area contributed by atoms with Crippen molar-refractivity contribution in [3.8, 4) is 5.82 Å². The first-order valence-corrected chi connectivity index (χ1v) is 4.59. The van der Waals surface area contributed by atoms with Crippen molar-refractivity contribution >= 4 is 5.69 Å². The minimum absolute atomic E-state index is 0.102. The second-order valence-electron chi connectivity index (χ2n) is 3.04. The summed E-state index contributed by atoms with van der Waals surface area (Å²) < 4.78 is 1.71. The van der Waals surface area contributed by atoms with Crippen molar-refractivity contribution in [3.05, 3.63) is 34.9 Å². The molecule has 0 fully saturated rings. The number of nitrogens with one attached hydrogen (secondary N) is 1. The van der Waals surface area contributed by atoms with Gasteiger partial charge in [-0.25, -0.2) is 9.97 Å². The number of rotatable bonds is 2. The third kappa shape index (κ3) is 1.50. The van der Waals surface area contributed by atoms with E-state index in [4.69, 9.17) is 5.73 Å². The van der Waals surface area contributed by atoms with Gasteiger partial charge in [-0.1, -0.05) is 6.92 Å². The molecule has 0 aliphatic carbocycles. The maximum Gasteiger partial charge on any atom is 0.276 e. The molecule has 0 aliphatic heterocycles. The Morgan fingerprint density at radius 2 is 2.33 bits per heavy atom. The third-order valence-corrected chi connectivity index (χ3v) is 2.13. The van der Waals surface area contributed by atoms with Crippen LogP contribution in [-0.4, -0.2) is 19.5 Å². The highest BCUT2D eigenvalue weighted by Gasteiger charge is 2.09. The fourth-order valence-electron chi connectivity index (χ4n) is 1.38. The zero-order chi connectivity index (χ0) is 10.8. The van der Waals surface area contributed by atoms with Gasteiger partial charge in [-0.05, 0) is 0 Å². The number of aromatic amines is 1. The highest BCUT2D eigenvalue weighted by atomic mass is 16.1. The molecule has 6 heteroatoms. The Balaban J connectivity index is 2.64. The van der Waals surface area contributed by atoms with Gasteiger partial charge in [0.2, 0.25) is 0 Å². The predicted molar refractivity (Wildman–Crippen MR) is 55.8 cm³/mol. The van der Waals surface area contributed by atoms with E-state index in [0.717, 1.165) is 12.2 Å². The van der Waals surface area contributed by atoms with E-state index in [9.17, 15) is 4.79 Å². The molecule has 0 amide bonds. The van der Waals surface area contributed by atoms with Crippen LogP contribution in [0.3, 0.4) is 0 Å². The van der Waals surface area contributed by atoms with Crippen LogP contribution in [0.25, 0.3) is 5.82 Å². The summed E-state index contributed by atoms with van der Waals surface area (Å²) in [6, 6.07) is 0. The molecule has 0 saturated heterocycles. The Morgan fingerprint density at radius 3 is 3.07 bits per heavy atom. The van der Waals surface area contributed by atoms with Gasteiger partial charge < -0.3 is 10.7 Å². The Hall–Kier alpha value is -2.11. The van der Waals surface area contributed by atoms with Crippen LogP contribution in [0, 0.1) is 0 Å². The van der Waals surface area contributed by atoms with Crippen molar-refractivity contribution in [2.24, 2.45) is 0 Å². The summed E-state index contributed by atoms with van der Waals surface area (Å²) in [7, 11) is 0. The minimum atomic E-state index is -0.337. The van der Waals surface area contributed by atoms with Gasteiger partial charge in [-0.3, -0.25) is 9.36 Å². The molecule has 0 bridgehead atoms. The van der Waals surface area contributed by atoms with Crippen LogP contribution >= 0.6 is 0 Å². The molecular weight excluding hydrogens is 194 g/mol. The standard InChI is InChI=1S/C9H11N5O/c1-2-6-11-3-4-14(6)8-7(10)9(15)13-5-12-8/h3-5H,2,10H2,1H3,(H,12,13,15). The molecule has 3 N–H and O–H groups in total. The number of imidazole rings is 1. The highest BCUT2D eigenvalue weighted by Crippen LogP contribution is 2.11. The van der Waals surface area contributed by atoms with Gasteiger partial charge >= 0.3 is 0 Å². The zero-order valence-corrected chi connectivity index (χ0v) is 8.27. The van der Waals surface area contributed by atoms with E-state index in [2.05, 4.69) is 15.0 Å². The molecular formula is C9H11N5O. The van der Waals surface area contributed by atoms with Crippen LogP contribution in [0.4, 0.5) is 5.69 Å². The van der Waals surface area contributed by atoms with E-state index in [1.165, 1.54) is 6.33 Å². The Kier molecular flexibility index (Phi) is 2.24. The smallest absolute Gasteiger partial charge is 0.276 e. The number of hydrogen-bond acceptors (Lipinski definition) is 4. The molecule has 78 valence electrons. The summed E-state index contributed by atoms with van der Waals surface area (Å²) in [4.78, 5) is 21.9. The van der Waals surface area contributed by atoms with Gasteiger partial charge in [0.1, 0.15) is 11.5 Å². The highest BCUT2D eigenvalue weighted by molar-refractivity contribution is 5.51. The molecule has 2 aromatic rings. The van der Waals surface area contributed by atoms with Crippen LogP contribution in [0.1, 0.15) is 12.7 Å². The van der Waals surface area contributed by atoms with Crippen molar-refractivity contribution < 1.29 is 0 Å². The number of nitrogen functional groups attached to an aromatic ring is 1. The lowest BCUT2D eigenvalue weighted by atomic mass is 10.4. The molecule has 0 spiro atoms. The van der Waals surface area contributed by atoms with E-state index in [1.807, 2.05) is 6.92 Å². The molecule has 2 aromatic heterocycles. The second kappa shape index (κ2) is 3.56. The lowest BCUT2D eigenvalue weighted by molar-refractivity contribution is 0.860. The number of aromatic nitrogens is 4. The molecule has 2 heterocycles. The van der Waals surface area contributed by atoms with Crippen molar-refractivity contribution in [1.29, 1.82) is 0 Å². The van der Waals surface area contributed by atoms with E-state index in [-0.39, 0.29) is 11.2 Å². The largest absolute Gasteiger partial charge is 0.391 e. The van der Waals surface area contributed by atoms with E-state index >= 15 is 0 Å². The van der Waals surface area contributed by atoms with Gasteiger partial charge in [0, 0.05) is 18.8 Å². The number of hydrogen-bond donors (Lipinski definition) is 2. The topological polar surface area (TPSA) is 89.6 Å². The van der Waals surface area contributed by atoms with Crippen LogP contribution in [-0.2, 0) is 6.42 Å². The average Bonchev–Trinajstić information content (AvgIpc) is 2.70. The van der Waals surface area contributed by atoms with Crippen LogP contribution in [0.5, 0.6) is 0 Å². The predicted octanol–water partition coefficient (Wildman–Crippen LogP) is 0.100. The molecule has 0 saturated carbocycles. The van der Waals surface area contributed by atoms with Crippen molar-refractivity contribution in [3.63, 3.8) is 0 Å². The number of nitrogens with two attached hydrogens (primary N) is 1. The van der Waals surface area contributed by atoms with Crippen LogP contribution < -0.4 is 11.3 Å². The third-order valence-electron chi connectivity index (χ3n) is 2.13. The summed E-state index contributed by atoms with van der Waals surface area (Å²) in [5.41, 5.74) is 5.41. The quantitative estimate of drug-likeness (QED) is 0.727. The normalized spacial score (nSPS) is 10.5. The Bertz CT molecular complexity index is 527. The summed E-state index contributed by atoms with van der Waals surface area (Å²) in [6.07, 6.45) is 5.46. The van der Waals surface area contributed by atoms with Gasteiger partial charge in [-0.2, -0.15) is 0 Å². The summed E-state index contributed by atoms with van der Waals surface area (Å²) >= 11 is 0. The van der Waals surface area contributed by atoms with Gasteiger partial charge in [-0.15, -0.1) is 0 Å². The number of H-pyrrole nitrogens is 1. The van der Waals surface area contributed by atoms with Crippen molar-refractivity contribution in [2.45, 2.75) is 13.3 Å². The number of anilines is 1. The van der Waals surface area contributed by atoms with Gasteiger partial charge in [0.15, 0.2) is 5.82 Å². The fourth-order valence-corrected chi connectivity index (χ4v) is 1.38. The number of nitrogens with zero attached hydrogens (tertiary/aromatic N) is 3. The maximum absolute atomic E-state index is 11.3. The molecule has 0 unspecified atom stereocenters. The van der Waals surface area contributed by atoms with Crippen molar-refractivity contribution in [2.75, 3.05) is 5.73 Å². The first kappa shape index (κ1) is 9.45. The van der Waals surface area contributed by atoms with Gasteiger partial charge in [0.05, 0.1) is 6.33 Å². The Morgan fingerprint density at radius 1 is 1.53 bits per heavy atom. The van der Waals surface area contributed by atoms with Crippen LogP contribution in [0.15, 0.2) is 23.5 Å². The minimum Gasteiger partial charge on any atom is -0.391 e. The summed E-state index contributed by atoms with van der Waals surface area (Å²) in [5, 5.41) is 0. The second-order valence-corrected chi connectivity index (χ2v) is 3.04. The summed E-state index contributed by atoms with van der Waals surface area (Å²) in [6.45, 7) is 1.97. The first-order chi connectivity index (χ1) is 7.24. The monoisotopic (exact) mass is 205 g/mol. The van der Waals surface area contributed by atoms with Crippen molar-refractivity contribution in [1.82, 2.24) is 19.5 Å². The molecule has 0 radical (unpaired) electrons. The van der Waals surface area contributed by atoms with Crippen LogP contribution in [0.2, 0.25) is 0 Å². The molecule has 0 aromatic carbocycles. The molecule has 0 atom stereocenters. The van der Waals surface area contributed by atoms with E-state index < -0.39 is 0 Å². The summed E-state index contributed by atoms with van der Waals surface area (Å²) in [5.74, 6) is 1.24. The SMILES string of the molecule is CCc1nccn1-c1nc[nH]c(=O)c1N. The lowest BCUT2D eigenvalue weighted by Crippen LogP contribution is -2.17. The van der Waals surface area contributed by atoms with Gasteiger partial charge in [0.25, 0.3) is 5.56 Å². The zero-order valence-electron chi connectivity index (χ0n) is 8.27.